The molecule has 0 aliphatic rings. The summed E-state index contributed by atoms with van der Waals surface area (Å²) >= 11 is 6.18. The van der Waals surface area contributed by atoms with Gasteiger partial charge in [-0.1, -0.05) is 41.4 Å². The summed E-state index contributed by atoms with van der Waals surface area (Å²) in [6, 6.07) is 8.47. The van der Waals surface area contributed by atoms with Gasteiger partial charge in [0, 0.05) is 12.4 Å². The topological polar surface area (TPSA) is 102 Å². The van der Waals surface area contributed by atoms with Gasteiger partial charge in [-0.3, -0.25) is 9.48 Å². The zero-order valence-corrected chi connectivity index (χ0v) is 15.5. The van der Waals surface area contributed by atoms with E-state index in [-0.39, 0.29) is 16.5 Å². The highest BCUT2D eigenvalue weighted by Crippen LogP contribution is 2.21. The van der Waals surface area contributed by atoms with E-state index in [2.05, 4.69) is 15.5 Å². The normalized spacial score (nSPS) is 12.0. The number of rotatable bonds is 6. The molecule has 3 aromatic rings. The number of halogens is 1. The molecular weight excluding hydrogens is 370 g/mol. The summed E-state index contributed by atoms with van der Waals surface area (Å²) in [5.41, 5.74) is 2.32. The van der Waals surface area contributed by atoms with E-state index in [1.54, 1.807) is 10.9 Å². The Labute approximate surface area is 160 Å². The van der Waals surface area contributed by atoms with Gasteiger partial charge in [0.15, 0.2) is 5.82 Å². The SMILES string of the molecule is Cc1ccc(Cn2cc(Cl)c(NC(=O)c3ccnn3C(C)C(=O)O)n2)cc1. The second-order valence-corrected chi connectivity index (χ2v) is 6.55. The van der Waals surface area contributed by atoms with Crippen molar-refractivity contribution >= 4 is 29.3 Å². The number of carbonyl (C=O) groups excluding carboxylic acids is 1. The van der Waals surface area contributed by atoms with Crippen molar-refractivity contribution in [2.24, 2.45) is 0 Å². The van der Waals surface area contributed by atoms with Crippen LogP contribution in [0.15, 0.2) is 42.7 Å². The third-order valence-electron chi connectivity index (χ3n) is 4.04. The lowest BCUT2D eigenvalue weighted by Gasteiger charge is -2.11. The van der Waals surface area contributed by atoms with Crippen molar-refractivity contribution < 1.29 is 14.7 Å². The van der Waals surface area contributed by atoms with Crippen molar-refractivity contribution in [3.63, 3.8) is 0 Å². The lowest BCUT2D eigenvalue weighted by atomic mass is 10.1. The number of hydrogen-bond donors (Lipinski definition) is 2. The number of carboxylic acid groups (broad SMARTS) is 1. The first kappa shape index (κ1) is 18.7. The summed E-state index contributed by atoms with van der Waals surface area (Å²) in [5, 5.41) is 20.2. The van der Waals surface area contributed by atoms with Crippen LogP contribution in [0, 0.1) is 6.92 Å². The van der Waals surface area contributed by atoms with E-state index in [0.29, 0.717) is 6.54 Å². The number of carbonyl (C=O) groups is 2. The molecule has 0 aliphatic heterocycles. The maximum atomic E-state index is 12.5. The summed E-state index contributed by atoms with van der Waals surface area (Å²) in [4.78, 5) is 23.7. The Hall–Kier alpha value is -3.13. The number of aliphatic carboxylic acids is 1. The molecule has 0 bridgehead atoms. The third kappa shape index (κ3) is 4.17. The molecule has 9 heteroatoms. The predicted octanol–water partition coefficient (Wildman–Crippen LogP) is 2.99. The van der Waals surface area contributed by atoms with Crippen LogP contribution in [0.25, 0.3) is 0 Å². The van der Waals surface area contributed by atoms with Crippen LogP contribution in [0.1, 0.15) is 34.6 Å². The molecule has 140 valence electrons. The first-order valence-corrected chi connectivity index (χ1v) is 8.59. The monoisotopic (exact) mass is 387 g/mol. The molecule has 2 aromatic heterocycles. The first-order valence-electron chi connectivity index (χ1n) is 8.21. The number of benzene rings is 1. The quantitative estimate of drug-likeness (QED) is 0.677. The van der Waals surface area contributed by atoms with Gasteiger partial charge in [0.25, 0.3) is 5.91 Å². The van der Waals surface area contributed by atoms with Gasteiger partial charge in [-0.2, -0.15) is 10.2 Å². The Balaban J connectivity index is 1.76. The van der Waals surface area contributed by atoms with E-state index in [0.717, 1.165) is 15.8 Å². The van der Waals surface area contributed by atoms with Gasteiger partial charge in [0.2, 0.25) is 0 Å². The molecule has 0 radical (unpaired) electrons. The zero-order chi connectivity index (χ0) is 19.6. The minimum absolute atomic E-state index is 0.106. The summed E-state index contributed by atoms with van der Waals surface area (Å²) in [7, 11) is 0. The summed E-state index contributed by atoms with van der Waals surface area (Å²) in [6.07, 6.45) is 2.99. The zero-order valence-electron chi connectivity index (χ0n) is 14.8. The number of aryl methyl sites for hydroxylation is 1. The smallest absolute Gasteiger partial charge is 0.328 e. The largest absolute Gasteiger partial charge is 0.480 e. The van der Waals surface area contributed by atoms with Gasteiger partial charge in [-0.05, 0) is 25.5 Å². The molecule has 0 aliphatic carbocycles. The third-order valence-corrected chi connectivity index (χ3v) is 4.32. The second-order valence-electron chi connectivity index (χ2n) is 6.14. The Morgan fingerprint density at radius 3 is 2.63 bits per heavy atom. The molecule has 0 fully saturated rings. The van der Waals surface area contributed by atoms with Crippen LogP contribution in [0.5, 0.6) is 0 Å². The average Bonchev–Trinajstić information content (AvgIpc) is 3.23. The molecule has 1 atom stereocenters. The molecule has 0 saturated carbocycles. The van der Waals surface area contributed by atoms with Crippen LogP contribution in [0.4, 0.5) is 5.82 Å². The molecule has 8 nitrogen and oxygen atoms in total. The van der Waals surface area contributed by atoms with E-state index in [4.69, 9.17) is 16.7 Å². The molecule has 1 amide bonds. The van der Waals surface area contributed by atoms with Crippen molar-refractivity contribution in [3.05, 3.63) is 64.6 Å². The van der Waals surface area contributed by atoms with E-state index in [1.807, 2.05) is 31.2 Å². The van der Waals surface area contributed by atoms with Crippen LogP contribution in [-0.4, -0.2) is 36.5 Å². The minimum atomic E-state index is -1.09. The Bertz CT molecular complexity index is 977. The highest BCUT2D eigenvalue weighted by molar-refractivity contribution is 6.33. The predicted molar refractivity (Wildman–Crippen MR) is 100 cm³/mol. The van der Waals surface area contributed by atoms with Gasteiger partial charge in [-0.25, -0.2) is 9.48 Å². The Kier molecular flexibility index (Phi) is 5.27. The second kappa shape index (κ2) is 7.63. The van der Waals surface area contributed by atoms with Gasteiger partial charge >= 0.3 is 5.97 Å². The van der Waals surface area contributed by atoms with Crippen molar-refractivity contribution in [1.29, 1.82) is 0 Å². The van der Waals surface area contributed by atoms with Crippen molar-refractivity contribution in [2.75, 3.05) is 5.32 Å². The number of amides is 1. The Morgan fingerprint density at radius 1 is 1.26 bits per heavy atom. The molecule has 1 unspecified atom stereocenters. The number of hydrogen-bond acceptors (Lipinski definition) is 4. The van der Waals surface area contributed by atoms with Gasteiger partial charge in [-0.15, -0.1) is 0 Å². The van der Waals surface area contributed by atoms with Crippen LogP contribution < -0.4 is 5.32 Å². The van der Waals surface area contributed by atoms with Crippen LogP contribution in [0.2, 0.25) is 5.02 Å². The highest BCUT2D eigenvalue weighted by atomic mass is 35.5. The summed E-state index contributed by atoms with van der Waals surface area (Å²) in [5.74, 6) is -1.43. The van der Waals surface area contributed by atoms with E-state index in [1.165, 1.54) is 19.2 Å². The van der Waals surface area contributed by atoms with Gasteiger partial charge in [0.05, 0.1) is 6.54 Å². The molecule has 2 heterocycles. The fraction of sp³-hybridized carbons (Fsp3) is 0.222. The number of nitrogens with zero attached hydrogens (tertiary/aromatic N) is 4. The van der Waals surface area contributed by atoms with E-state index in [9.17, 15) is 9.59 Å². The molecule has 0 spiro atoms. The summed E-state index contributed by atoms with van der Waals surface area (Å²) < 4.78 is 2.76. The maximum Gasteiger partial charge on any atom is 0.328 e. The van der Waals surface area contributed by atoms with Crippen molar-refractivity contribution in [3.8, 4) is 0 Å². The number of carboxylic acids is 1. The van der Waals surface area contributed by atoms with E-state index < -0.39 is 17.9 Å². The van der Waals surface area contributed by atoms with Gasteiger partial charge in [0.1, 0.15) is 16.8 Å². The van der Waals surface area contributed by atoms with Crippen LogP contribution >= 0.6 is 11.6 Å². The number of anilines is 1. The molecule has 1 aromatic carbocycles. The lowest BCUT2D eigenvalue weighted by Crippen LogP contribution is -2.24. The maximum absolute atomic E-state index is 12.5. The number of nitrogens with one attached hydrogen (secondary N) is 1. The number of aromatic nitrogens is 4. The fourth-order valence-corrected chi connectivity index (χ4v) is 2.72. The Morgan fingerprint density at radius 2 is 1.96 bits per heavy atom. The molecule has 27 heavy (non-hydrogen) atoms. The minimum Gasteiger partial charge on any atom is -0.480 e. The van der Waals surface area contributed by atoms with Gasteiger partial charge < -0.3 is 10.4 Å². The first-order chi connectivity index (χ1) is 12.8. The summed E-state index contributed by atoms with van der Waals surface area (Å²) in [6.45, 7) is 3.96. The van der Waals surface area contributed by atoms with Crippen molar-refractivity contribution in [2.45, 2.75) is 26.4 Å². The van der Waals surface area contributed by atoms with Crippen LogP contribution in [0.3, 0.4) is 0 Å². The van der Waals surface area contributed by atoms with Crippen molar-refractivity contribution in [1.82, 2.24) is 19.6 Å². The standard InChI is InChI=1S/C18H18ClN5O3/c1-11-3-5-13(6-4-11)9-23-10-14(19)16(22-23)21-17(25)15-7-8-20-24(15)12(2)18(26)27/h3-8,10,12H,9H2,1-2H3,(H,26,27)(H,21,22,25). The molecule has 3 rings (SSSR count). The average molecular weight is 388 g/mol. The molecular formula is C18H18ClN5O3. The molecule has 0 saturated heterocycles. The fourth-order valence-electron chi connectivity index (χ4n) is 2.52. The highest BCUT2D eigenvalue weighted by Gasteiger charge is 2.22. The lowest BCUT2D eigenvalue weighted by molar-refractivity contribution is -0.140. The molecule has 2 N–H and O–H groups in total. The van der Waals surface area contributed by atoms with Crippen LogP contribution in [-0.2, 0) is 11.3 Å². The van der Waals surface area contributed by atoms with E-state index >= 15 is 0 Å².